The van der Waals surface area contributed by atoms with Gasteiger partial charge in [0.1, 0.15) is 0 Å². The van der Waals surface area contributed by atoms with Gasteiger partial charge in [0.2, 0.25) is 0 Å². The molecule has 1 aliphatic heterocycles. The third-order valence-electron chi connectivity index (χ3n) is 4.98. The van der Waals surface area contributed by atoms with Crippen molar-refractivity contribution in [2.24, 2.45) is 5.41 Å². The molecule has 166 valence electrons. The maximum absolute atomic E-state index is 13.4. The molecule has 0 radical (unpaired) electrons. The molecule has 0 spiro atoms. The van der Waals surface area contributed by atoms with Crippen LogP contribution in [-0.2, 0) is 11.0 Å². The lowest BCUT2D eigenvalue weighted by atomic mass is 9.91. The smallest absolute Gasteiger partial charge is 0.417 e. The van der Waals surface area contributed by atoms with Gasteiger partial charge in [-0.3, -0.25) is 4.79 Å². The van der Waals surface area contributed by atoms with Gasteiger partial charge in [0.05, 0.1) is 27.6 Å². The zero-order chi connectivity index (χ0) is 23.1. The molecule has 3 N–H and O–H groups in total. The monoisotopic (exact) mass is 446 g/mol. The Hall–Kier alpha value is -2.45. The van der Waals surface area contributed by atoms with Crippen LogP contribution in [0.15, 0.2) is 18.2 Å². The van der Waals surface area contributed by atoms with Crippen LogP contribution in [0.2, 0.25) is 0 Å². The Morgan fingerprint density at radius 1 is 1.37 bits per heavy atom. The maximum atomic E-state index is 13.4. The number of nitrogens with zero attached hydrogens (tertiary/aromatic N) is 2. The molecule has 1 heterocycles. The predicted octanol–water partition coefficient (Wildman–Crippen LogP) is 3.81. The highest BCUT2D eigenvalue weighted by Gasteiger charge is 2.51. The van der Waals surface area contributed by atoms with E-state index in [0.717, 1.165) is 17.1 Å². The summed E-state index contributed by atoms with van der Waals surface area (Å²) in [5.74, 6) is -0.420. The number of rotatable bonds is 4. The molecule has 2 amide bonds. The second kappa shape index (κ2) is 8.00. The van der Waals surface area contributed by atoms with E-state index in [-0.39, 0.29) is 17.5 Å². The van der Waals surface area contributed by atoms with Crippen molar-refractivity contribution in [1.29, 1.82) is 5.26 Å². The molecule has 0 saturated carbocycles. The standard InChI is InChI=1S/C19H25F3N4O3S/c1-17(2,3)14(10-24-16(28)29)30-18(4,5)15(27)26(25-30)12-7-6-11(9-23)13(8-12)19(20,21)22/h6-8,14,24-25,30H,10H2,1-5H3,(H,28,29). The molecule has 30 heavy (non-hydrogen) atoms. The fourth-order valence-electron chi connectivity index (χ4n) is 3.26. The number of hydrazine groups is 1. The van der Waals surface area contributed by atoms with Crippen molar-refractivity contribution in [3.63, 3.8) is 0 Å². The fraction of sp³-hybridized carbons (Fsp3) is 0.526. The molecule has 7 nitrogen and oxygen atoms in total. The lowest BCUT2D eigenvalue weighted by Gasteiger charge is -2.42. The minimum absolute atomic E-state index is 0.0248. The van der Waals surface area contributed by atoms with Crippen molar-refractivity contribution < 1.29 is 27.9 Å². The fourth-order valence-corrected chi connectivity index (χ4v) is 6.21. The molecule has 1 fully saturated rings. The molecule has 0 aliphatic carbocycles. The van der Waals surface area contributed by atoms with E-state index < -0.39 is 50.5 Å². The second-order valence-electron chi connectivity index (χ2n) is 8.58. The zero-order valence-electron chi connectivity index (χ0n) is 17.3. The third-order valence-corrected chi connectivity index (χ3v) is 8.37. The van der Waals surface area contributed by atoms with Crippen LogP contribution in [-0.4, -0.2) is 33.6 Å². The Morgan fingerprint density at radius 2 is 1.97 bits per heavy atom. The molecular formula is C19H25F3N4O3S. The van der Waals surface area contributed by atoms with Crippen molar-refractivity contribution in [1.82, 2.24) is 10.1 Å². The van der Waals surface area contributed by atoms with Gasteiger partial charge < -0.3 is 10.4 Å². The summed E-state index contributed by atoms with van der Waals surface area (Å²) < 4.78 is 39.1. The van der Waals surface area contributed by atoms with Crippen LogP contribution in [0.1, 0.15) is 45.7 Å². The normalized spacial score (nSPS) is 21.2. The van der Waals surface area contributed by atoms with Crippen molar-refractivity contribution in [2.75, 3.05) is 11.6 Å². The number of hydrogen-bond acceptors (Lipinski definition) is 4. The Morgan fingerprint density at radius 3 is 2.43 bits per heavy atom. The van der Waals surface area contributed by atoms with Crippen LogP contribution in [0.5, 0.6) is 0 Å². The number of alkyl halides is 3. The largest absolute Gasteiger partial charge is 0.465 e. The molecule has 11 heteroatoms. The minimum Gasteiger partial charge on any atom is -0.465 e. The summed E-state index contributed by atoms with van der Waals surface area (Å²) in [6.07, 6.45) is -5.94. The number of thiol groups is 1. The van der Waals surface area contributed by atoms with Gasteiger partial charge in [0, 0.05) is 11.8 Å². The number of anilines is 1. The minimum atomic E-state index is -4.75. The Kier molecular flexibility index (Phi) is 6.35. The van der Waals surface area contributed by atoms with Crippen LogP contribution < -0.4 is 15.2 Å². The Bertz CT molecular complexity index is 890. The summed E-state index contributed by atoms with van der Waals surface area (Å²) in [6, 6.07) is 4.62. The van der Waals surface area contributed by atoms with Crippen molar-refractivity contribution >= 4 is 28.8 Å². The molecule has 1 saturated heterocycles. The summed E-state index contributed by atoms with van der Waals surface area (Å²) in [4.78, 5) is 27.2. The molecule has 2 rings (SSSR count). The van der Waals surface area contributed by atoms with Gasteiger partial charge in [0.25, 0.3) is 5.91 Å². The highest BCUT2D eigenvalue weighted by Crippen LogP contribution is 2.53. The van der Waals surface area contributed by atoms with Crippen molar-refractivity contribution in [2.45, 2.75) is 50.8 Å². The first kappa shape index (κ1) is 23.8. The molecule has 0 aromatic heterocycles. The predicted molar refractivity (Wildman–Crippen MR) is 109 cm³/mol. The van der Waals surface area contributed by atoms with Gasteiger partial charge in [-0.25, -0.2) is 9.80 Å². The molecule has 0 bridgehead atoms. The van der Waals surface area contributed by atoms with Crippen molar-refractivity contribution in [3.05, 3.63) is 29.3 Å². The second-order valence-corrected chi connectivity index (χ2v) is 11.3. The molecule has 2 unspecified atom stereocenters. The summed E-state index contributed by atoms with van der Waals surface area (Å²) in [5, 5.41) is 21.1. The number of nitriles is 1. The molecule has 1 aliphatic rings. The summed E-state index contributed by atoms with van der Waals surface area (Å²) >= 11 is -1.37. The van der Waals surface area contributed by atoms with Gasteiger partial charge in [-0.1, -0.05) is 20.8 Å². The van der Waals surface area contributed by atoms with Crippen LogP contribution in [0, 0.1) is 16.7 Å². The average molecular weight is 446 g/mol. The molecule has 2 atom stereocenters. The highest BCUT2D eigenvalue weighted by atomic mass is 32.2. The van der Waals surface area contributed by atoms with E-state index in [1.54, 1.807) is 13.8 Å². The van der Waals surface area contributed by atoms with Crippen molar-refractivity contribution in [3.8, 4) is 6.07 Å². The summed E-state index contributed by atoms with van der Waals surface area (Å²) in [6.45, 7) is 9.22. The number of halogens is 3. The maximum Gasteiger partial charge on any atom is 0.417 e. The average Bonchev–Trinajstić information content (AvgIpc) is 2.83. The number of hydrogen-bond donors (Lipinski definition) is 4. The number of benzene rings is 1. The summed E-state index contributed by atoms with van der Waals surface area (Å²) in [7, 11) is 0. The number of nitrogens with one attached hydrogen (secondary N) is 2. The number of amides is 2. The van der Waals surface area contributed by atoms with E-state index in [9.17, 15) is 22.8 Å². The topological polar surface area (TPSA) is 105 Å². The molecule has 1 aromatic rings. The van der Waals surface area contributed by atoms with Gasteiger partial charge in [-0.15, -0.1) is 0 Å². The van der Waals surface area contributed by atoms with E-state index in [0.29, 0.717) is 0 Å². The highest BCUT2D eigenvalue weighted by molar-refractivity contribution is 8.18. The van der Waals surface area contributed by atoms with Crippen LogP contribution in [0.25, 0.3) is 0 Å². The third kappa shape index (κ3) is 4.65. The van der Waals surface area contributed by atoms with E-state index >= 15 is 0 Å². The van der Waals surface area contributed by atoms with Gasteiger partial charge >= 0.3 is 12.3 Å². The number of carbonyl (C=O) groups is 2. The van der Waals surface area contributed by atoms with Gasteiger partial charge in [-0.05, 0) is 37.5 Å². The SMILES string of the molecule is CC(C)(C)C(CNC(=O)O)[SH]1NN(c2ccc(C#N)c(C(F)(F)F)c2)C(=O)C1(C)C. The van der Waals surface area contributed by atoms with Gasteiger partial charge in [0.15, 0.2) is 0 Å². The summed E-state index contributed by atoms with van der Waals surface area (Å²) in [5.41, 5.74) is -2.07. The zero-order valence-corrected chi connectivity index (χ0v) is 18.2. The van der Waals surface area contributed by atoms with Gasteiger partial charge in [-0.2, -0.15) is 34.3 Å². The first-order valence-electron chi connectivity index (χ1n) is 9.09. The van der Waals surface area contributed by atoms with E-state index in [1.807, 2.05) is 20.8 Å². The van der Waals surface area contributed by atoms with Crippen LogP contribution in [0.4, 0.5) is 23.7 Å². The quantitative estimate of drug-likeness (QED) is 0.527. The first-order chi connectivity index (χ1) is 13.6. The van der Waals surface area contributed by atoms with E-state index in [2.05, 4.69) is 10.1 Å². The van der Waals surface area contributed by atoms with Crippen LogP contribution >= 0.6 is 11.1 Å². The lowest BCUT2D eigenvalue weighted by molar-refractivity contribution is -0.137. The molecule has 1 aromatic carbocycles. The lowest BCUT2D eigenvalue weighted by Crippen LogP contribution is -2.44. The Labute approximate surface area is 175 Å². The number of carboxylic acid groups (broad SMARTS) is 1. The van der Waals surface area contributed by atoms with E-state index in [4.69, 9.17) is 10.4 Å². The Balaban J connectivity index is 2.48. The van der Waals surface area contributed by atoms with E-state index in [1.165, 1.54) is 12.1 Å². The number of carbonyl (C=O) groups excluding carboxylic acids is 1. The first-order valence-corrected chi connectivity index (χ1v) is 10.5. The molecular weight excluding hydrogens is 421 g/mol. The van der Waals surface area contributed by atoms with Crippen LogP contribution in [0.3, 0.4) is 0 Å².